The predicted molar refractivity (Wildman–Crippen MR) is 122 cm³/mol. The molecule has 0 saturated carbocycles. The lowest BCUT2D eigenvalue weighted by Crippen LogP contribution is -2.68. The highest BCUT2D eigenvalue weighted by Gasteiger charge is 2.52. The number of aromatic hydroxyl groups is 1. The molecule has 0 fully saturated rings. The van der Waals surface area contributed by atoms with E-state index in [0.717, 1.165) is 10.4 Å². The average Bonchev–Trinajstić information content (AvgIpc) is 2.72. The summed E-state index contributed by atoms with van der Waals surface area (Å²) in [5.41, 5.74) is 0.648. The van der Waals surface area contributed by atoms with Gasteiger partial charge in [0.05, 0.1) is 13.5 Å². The van der Waals surface area contributed by atoms with E-state index in [0.29, 0.717) is 11.3 Å². The third-order valence-corrected chi connectivity index (χ3v) is 10.2. The summed E-state index contributed by atoms with van der Waals surface area (Å²) < 4.78 is 11.7. The van der Waals surface area contributed by atoms with Gasteiger partial charge >= 0.3 is 14.3 Å². The lowest BCUT2D eigenvalue weighted by atomic mass is 10.1. The molecule has 5 heteroatoms. The molecule has 0 heterocycles. The molecule has 3 rings (SSSR count). The molecule has 30 heavy (non-hydrogen) atoms. The van der Waals surface area contributed by atoms with Crippen molar-refractivity contribution in [2.45, 2.75) is 32.2 Å². The second-order valence-electron chi connectivity index (χ2n) is 8.35. The van der Waals surface area contributed by atoms with Crippen molar-refractivity contribution in [3.63, 3.8) is 0 Å². The fraction of sp³-hybridized carbons (Fsp3) is 0.240. The SMILES string of the molecule is COC(=O)Cc1cc(O)cc(O[Si](c2ccccc2)(c2ccccc2)C(C)(C)C)c1. The lowest BCUT2D eigenvalue weighted by Gasteiger charge is -2.43. The Kier molecular flexibility index (Phi) is 6.32. The lowest BCUT2D eigenvalue weighted by molar-refractivity contribution is -0.139. The first-order valence-corrected chi connectivity index (χ1v) is 11.9. The molecule has 0 aliphatic heterocycles. The predicted octanol–water partition coefficient (Wildman–Crippen LogP) is 4.05. The molecule has 3 aromatic rings. The highest BCUT2D eigenvalue weighted by atomic mass is 28.4. The van der Waals surface area contributed by atoms with Crippen molar-refractivity contribution in [3.05, 3.63) is 84.4 Å². The molecule has 0 radical (unpaired) electrons. The third-order valence-electron chi connectivity index (χ3n) is 5.21. The summed E-state index contributed by atoms with van der Waals surface area (Å²) in [6, 6.07) is 25.6. The standard InChI is InChI=1S/C25H28O4Si/c1-25(2,3)30(22-11-7-5-8-12-22,23-13-9-6-10-14-23)29-21-16-19(15-20(26)18-21)17-24(27)28-4/h5-16,18,26H,17H2,1-4H3. The van der Waals surface area contributed by atoms with Gasteiger partial charge in [0, 0.05) is 6.07 Å². The number of carbonyl (C=O) groups is 1. The van der Waals surface area contributed by atoms with E-state index in [1.807, 2.05) is 42.5 Å². The molecular formula is C25H28O4Si. The molecule has 1 N–H and O–H groups in total. The van der Waals surface area contributed by atoms with Crippen molar-refractivity contribution in [1.82, 2.24) is 0 Å². The fourth-order valence-corrected chi connectivity index (χ4v) is 8.27. The van der Waals surface area contributed by atoms with E-state index in [1.165, 1.54) is 7.11 Å². The van der Waals surface area contributed by atoms with Crippen LogP contribution < -0.4 is 14.8 Å². The summed E-state index contributed by atoms with van der Waals surface area (Å²) >= 11 is 0. The number of esters is 1. The molecule has 0 unspecified atom stereocenters. The molecule has 0 amide bonds. The van der Waals surface area contributed by atoms with Gasteiger partial charge in [-0.1, -0.05) is 81.4 Å². The zero-order valence-electron chi connectivity index (χ0n) is 17.9. The minimum atomic E-state index is -2.81. The average molecular weight is 421 g/mol. The van der Waals surface area contributed by atoms with Crippen LogP contribution in [-0.4, -0.2) is 26.5 Å². The molecular weight excluding hydrogens is 392 g/mol. The van der Waals surface area contributed by atoms with E-state index in [2.05, 4.69) is 45.0 Å². The van der Waals surface area contributed by atoms with Gasteiger partial charge in [0.2, 0.25) is 0 Å². The summed E-state index contributed by atoms with van der Waals surface area (Å²) in [5.74, 6) is 0.240. The second kappa shape index (κ2) is 8.75. The number of carbonyl (C=O) groups excluding carboxylic acids is 1. The van der Waals surface area contributed by atoms with Gasteiger partial charge in [-0.15, -0.1) is 0 Å². The molecule has 3 aromatic carbocycles. The van der Waals surface area contributed by atoms with Crippen LogP contribution in [0.3, 0.4) is 0 Å². The monoisotopic (exact) mass is 420 g/mol. The molecule has 0 aliphatic carbocycles. The summed E-state index contributed by atoms with van der Waals surface area (Å²) in [4.78, 5) is 11.8. The number of phenols is 1. The van der Waals surface area contributed by atoms with E-state index < -0.39 is 8.32 Å². The maximum absolute atomic E-state index is 11.8. The van der Waals surface area contributed by atoms with E-state index in [-0.39, 0.29) is 23.2 Å². The largest absolute Gasteiger partial charge is 0.534 e. The smallest absolute Gasteiger partial charge is 0.319 e. The molecule has 156 valence electrons. The van der Waals surface area contributed by atoms with Crippen molar-refractivity contribution in [2.24, 2.45) is 0 Å². The maximum atomic E-state index is 11.8. The normalized spacial score (nSPS) is 11.7. The first kappa shape index (κ1) is 21.7. The Balaban J connectivity index is 2.18. The first-order valence-electron chi connectivity index (χ1n) is 9.96. The molecule has 0 aliphatic rings. The van der Waals surface area contributed by atoms with E-state index in [1.54, 1.807) is 12.1 Å². The zero-order valence-corrected chi connectivity index (χ0v) is 18.9. The Morgan fingerprint density at radius 3 is 1.90 bits per heavy atom. The molecule has 0 bridgehead atoms. The van der Waals surface area contributed by atoms with E-state index in [9.17, 15) is 9.90 Å². The Bertz CT molecular complexity index is 955. The van der Waals surface area contributed by atoms with Crippen molar-refractivity contribution >= 4 is 24.7 Å². The number of hydrogen-bond donors (Lipinski definition) is 1. The van der Waals surface area contributed by atoms with Crippen LogP contribution in [0.2, 0.25) is 5.04 Å². The minimum Gasteiger partial charge on any atom is -0.534 e. The summed E-state index contributed by atoms with van der Waals surface area (Å²) in [5, 5.41) is 12.4. The van der Waals surface area contributed by atoms with Crippen LogP contribution in [-0.2, 0) is 16.0 Å². The van der Waals surface area contributed by atoms with Crippen LogP contribution in [0.25, 0.3) is 0 Å². The molecule has 0 saturated heterocycles. The third kappa shape index (κ3) is 4.41. The van der Waals surface area contributed by atoms with Crippen molar-refractivity contribution in [1.29, 1.82) is 0 Å². The number of rotatable bonds is 6. The molecule has 0 atom stereocenters. The zero-order chi connectivity index (χ0) is 21.8. The Hall–Kier alpha value is -3.05. The van der Waals surface area contributed by atoms with Gasteiger partial charge in [-0.3, -0.25) is 4.79 Å². The first-order chi connectivity index (χ1) is 14.3. The maximum Gasteiger partial charge on any atom is 0.319 e. The Labute approximate surface area is 179 Å². The topological polar surface area (TPSA) is 55.8 Å². The number of methoxy groups -OCH3 is 1. The number of phenolic OH excluding ortho intramolecular Hbond substituents is 1. The molecule has 4 nitrogen and oxygen atoms in total. The van der Waals surface area contributed by atoms with Gasteiger partial charge in [-0.2, -0.15) is 0 Å². The van der Waals surface area contributed by atoms with Crippen LogP contribution >= 0.6 is 0 Å². The quantitative estimate of drug-likeness (QED) is 0.483. The number of benzene rings is 3. The number of hydrogen-bond acceptors (Lipinski definition) is 4. The minimum absolute atomic E-state index is 0.0596. The number of ether oxygens (including phenoxy) is 1. The van der Waals surface area contributed by atoms with Crippen LogP contribution in [0.1, 0.15) is 26.3 Å². The van der Waals surface area contributed by atoms with Gasteiger partial charge in [0.1, 0.15) is 11.5 Å². The summed E-state index contributed by atoms with van der Waals surface area (Å²) in [6.07, 6.45) is 0.0714. The summed E-state index contributed by atoms with van der Waals surface area (Å²) in [7, 11) is -1.46. The summed E-state index contributed by atoms with van der Waals surface area (Å²) in [6.45, 7) is 6.58. The van der Waals surface area contributed by atoms with Gasteiger partial charge < -0.3 is 14.3 Å². The van der Waals surface area contributed by atoms with E-state index in [4.69, 9.17) is 9.16 Å². The fourth-order valence-electron chi connectivity index (χ4n) is 3.87. The Morgan fingerprint density at radius 2 is 1.43 bits per heavy atom. The Morgan fingerprint density at radius 1 is 0.900 bits per heavy atom. The second-order valence-corrected chi connectivity index (χ2v) is 12.6. The van der Waals surface area contributed by atoms with Crippen molar-refractivity contribution in [2.75, 3.05) is 7.11 Å². The van der Waals surface area contributed by atoms with Crippen molar-refractivity contribution < 1.29 is 19.1 Å². The van der Waals surface area contributed by atoms with Gasteiger partial charge in [0.15, 0.2) is 0 Å². The van der Waals surface area contributed by atoms with Gasteiger partial charge in [-0.25, -0.2) is 0 Å². The molecule has 0 aromatic heterocycles. The van der Waals surface area contributed by atoms with Gasteiger partial charge in [-0.05, 0) is 33.1 Å². The van der Waals surface area contributed by atoms with Crippen molar-refractivity contribution in [3.8, 4) is 11.5 Å². The highest BCUT2D eigenvalue weighted by Crippen LogP contribution is 2.38. The van der Waals surface area contributed by atoms with E-state index >= 15 is 0 Å². The van der Waals surface area contributed by atoms with Crippen LogP contribution in [0, 0.1) is 0 Å². The molecule has 0 spiro atoms. The van der Waals surface area contributed by atoms with Gasteiger partial charge in [0.25, 0.3) is 0 Å². The highest BCUT2D eigenvalue weighted by molar-refractivity contribution is 7.00. The van der Waals surface area contributed by atoms with Crippen LogP contribution in [0.5, 0.6) is 11.5 Å². The van der Waals surface area contributed by atoms with Crippen LogP contribution in [0.15, 0.2) is 78.9 Å². The van der Waals surface area contributed by atoms with Crippen LogP contribution in [0.4, 0.5) is 0 Å².